The molecule has 1 aliphatic heterocycles. The number of amides is 2. The first-order valence-electron chi connectivity index (χ1n) is 9.44. The molecule has 2 aromatic rings. The summed E-state index contributed by atoms with van der Waals surface area (Å²) in [5, 5.41) is 5.03. The van der Waals surface area contributed by atoms with Crippen molar-refractivity contribution in [3.63, 3.8) is 0 Å². The molecule has 5 nitrogen and oxygen atoms in total. The van der Waals surface area contributed by atoms with Crippen LogP contribution in [0.3, 0.4) is 0 Å². The van der Waals surface area contributed by atoms with Crippen LogP contribution in [0, 0.1) is 6.92 Å². The van der Waals surface area contributed by atoms with Crippen molar-refractivity contribution < 1.29 is 9.59 Å². The summed E-state index contributed by atoms with van der Waals surface area (Å²) in [7, 11) is 0. The highest BCUT2D eigenvalue weighted by atomic mass is 32.1. The molecule has 1 N–H and O–H groups in total. The lowest BCUT2D eigenvalue weighted by atomic mass is 10.1. The molecule has 27 heavy (non-hydrogen) atoms. The Morgan fingerprint density at radius 3 is 2.74 bits per heavy atom. The summed E-state index contributed by atoms with van der Waals surface area (Å²) in [4.78, 5) is 30.5. The van der Waals surface area contributed by atoms with Gasteiger partial charge in [0.25, 0.3) is 5.91 Å². The van der Waals surface area contributed by atoms with E-state index < -0.39 is 0 Å². The zero-order valence-electron chi connectivity index (χ0n) is 16.0. The number of nitrogens with zero attached hydrogens (tertiary/aromatic N) is 2. The molecule has 1 fully saturated rings. The van der Waals surface area contributed by atoms with Crippen LogP contribution in [0.25, 0.3) is 0 Å². The number of thiophene rings is 1. The van der Waals surface area contributed by atoms with Crippen LogP contribution in [0.1, 0.15) is 34.1 Å². The third-order valence-corrected chi connectivity index (χ3v) is 5.90. The molecule has 2 heterocycles. The van der Waals surface area contributed by atoms with Gasteiger partial charge in [0.2, 0.25) is 5.91 Å². The van der Waals surface area contributed by atoms with Crippen molar-refractivity contribution in [1.29, 1.82) is 0 Å². The first-order valence-corrected chi connectivity index (χ1v) is 10.3. The molecule has 0 radical (unpaired) electrons. The lowest BCUT2D eigenvalue weighted by Gasteiger charge is -2.27. The average Bonchev–Trinajstić information content (AvgIpc) is 3.07. The Labute approximate surface area is 165 Å². The summed E-state index contributed by atoms with van der Waals surface area (Å²) in [5.74, 6) is 0.122. The van der Waals surface area contributed by atoms with Crippen molar-refractivity contribution in [2.45, 2.75) is 32.9 Å². The molecule has 1 aromatic carbocycles. The van der Waals surface area contributed by atoms with E-state index in [2.05, 4.69) is 10.2 Å². The normalized spacial score (nSPS) is 16.6. The van der Waals surface area contributed by atoms with E-state index in [-0.39, 0.29) is 17.9 Å². The molecule has 1 saturated heterocycles. The van der Waals surface area contributed by atoms with Crippen LogP contribution in [0.15, 0.2) is 41.8 Å². The van der Waals surface area contributed by atoms with Gasteiger partial charge in [-0.05, 0) is 43.8 Å². The van der Waals surface area contributed by atoms with Gasteiger partial charge in [-0.15, -0.1) is 11.3 Å². The highest BCUT2D eigenvalue weighted by Gasteiger charge is 2.26. The monoisotopic (exact) mass is 385 g/mol. The fourth-order valence-corrected chi connectivity index (χ4v) is 4.03. The van der Waals surface area contributed by atoms with E-state index in [0.29, 0.717) is 19.6 Å². The Balaban J connectivity index is 1.54. The molecule has 0 aliphatic carbocycles. The summed E-state index contributed by atoms with van der Waals surface area (Å²) < 4.78 is 0. The van der Waals surface area contributed by atoms with Crippen LogP contribution in [-0.2, 0) is 11.3 Å². The third kappa shape index (κ3) is 5.17. The van der Waals surface area contributed by atoms with Gasteiger partial charge in [-0.25, -0.2) is 0 Å². The molecular formula is C21H27N3O2S. The Hall–Kier alpha value is -2.18. The number of hydrogen-bond acceptors (Lipinski definition) is 4. The van der Waals surface area contributed by atoms with Gasteiger partial charge in [0, 0.05) is 36.6 Å². The number of rotatable bonds is 5. The first-order chi connectivity index (χ1) is 13.0. The largest absolute Gasteiger partial charge is 0.350 e. The van der Waals surface area contributed by atoms with Crippen LogP contribution >= 0.6 is 11.3 Å². The molecule has 2 amide bonds. The number of aryl methyl sites for hydroxylation is 1. The number of carbonyl (C=O) groups excluding carboxylic acids is 2. The Morgan fingerprint density at radius 1 is 1.15 bits per heavy atom. The summed E-state index contributed by atoms with van der Waals surface area (Å²) in [6, 6.07) is 11.5. The van der Waals surface area contributed by atoms with Gasteiger partial charge >= 0.3 is 0 Å². The van der Waals surface area contributed by atoms with E-state index in [1.54, 1.807) is 11.3 Å². The molecular weight excluding hydrogens is 358 g/mol. The van der Waals surface area contributed by atoms with Crippen LogP contribution in [0.4, 0.5) is 0 Å². The van der Waals surface area contributed by atoms with E-state index >= 15 is 0 Å². The van der Waals surface area contributed by atoms with Crippen molar-refractivity contribution >= 4 is 23.2 Å². The molecule has 144 valence electrons. The van der Waals surface area contributed by atoms with Crippen molar-refractivity contribution in [1.82, 2.24) is 15.1 Å². The molecule has 0 bridgehead atoms. The molecule has 1 aliphatic rings. The van der Waals surface area contributed by atoms with E-state index in [1.807, 2.05) is 60.5 Å². The molecule has 1 unspecified atom stereocenters. The molecule has 3 rings (SSSR count). The van der Waals surface area contributed by atoms with Crippen molar-refractivity contribution in [3.05, 3.63) is 57.8 Å². The number of hydrogen-bond donors (Lipinski definition) is 1. The van der Waals surface area contributed by atoms with Gasteiger partial charge in [0.1, 0.15) is 0 Å². The number of benzene rings is 1. The highest BCUT2D eigenvalue weighted by Crippen LogP contribution is 2.13. The van der Waals surface area contributed by atoms with Crippen LogP contribution in [0.2, 0.25) is 0 Å². The average molecular weight is 386 g/mol. The predicted molar refractivity (Wildman–Crippen MR) is 109 cm³/mol. The fraction of sp³-hybridized carbons (Fsp3) is 0.429. The van der Waals surface area contributed by atoms with Gasteiger partial charge in [0.05, 0.1) is 12.6 Å². The van der Waals surface area contributed by atoms with Gasteiger partial charge in [-0.2, -0.15) is 0 Å². The fourth-order valence-electron chi connectivity index (χ4n) is 3.39. The lowest BCUT2D eigenvalue weighted by molar-refractivity contribution is -0.126. The minimum Gasteiger partial charge on any atom is -0.350 e. The highest BCUT2D eigenvalue weighted by molar-refractivity contribution is 7.09. The van der Waals surface area contributed by atoms with Gasteiger partial charge < -0.3 is 10.2 Å². The van der Waals surface area contributed by atoms with E-state index in [9.17, 15) is 9.59 Å². The summed E-state index contributed by atoms with van der Waals surface area (Å²) in [6.45, 7) is 7.43. The number of nitrogens with one attached hydrogen (secondary N) is 1. The molecule has 0 spiro atoms. The van der Waals surface area contributed by atoms with Gasteiger partial charge in [0.15, 0.2) is 0 Å². The first kappa shape index (κ1) is 19.6. The maximum Gasteiger partial charge on any atom is 0.253 e. The number of carbonyl (C=O) groups is 2. The van der Waals surface area contributed by atoms with Crippen molar-refractivity contribution in [3.8, 4) is 0 Å². The predicted octanol–water partition coefficient (Wildman–Crippen LogP) is 2.91. The van der Waals surface area contributed by atoms with Gasteiger partial charge in [-0.1, -0.05) is 23.8 Å². The third-order valence-electron chi connectivity index (χ3n) is 5.03. The Morgan fingerprint density at radius 2 is 2.00 bits per heavy atom. The minimum absolute atomic E-state index is 0.0434. The molecule has 1 aromatic heterocycles. The zero-order chi connectivity index (χ0) is 19.2. The molecule has 0 saturated carbocycles. The minimum atomic E-state index is -0.195. The Bertz CT molecular complexity index is 775. The topological polar surface area (TPSA) is 52.7 Å². The zero-order valence-corrected chi connectivity index (χ0v) is 16.8. The van der Waals surface area contributed by atoms with Crippen LogP contribution in [-0.4, -0.2) is 53.8 Å². The second-order valence-corrected chi connectivity index (χ2v) is 8.06. The maximum absolute atomic E-state index is 12.8. The van der Waals surface area contributed by atoms with E-state index in [1.165, 1.54) is 0 Å². The Kier molecular flexibility index (Phi) is 6.63. The van der Waals surface area contributed by atoms with Gasteiger partial charge in [-0.3, -0.25) is 14.5 Å². The lowest BCUT2D eigenvalue weighted by Crippen LogP contribution is -2.46. The van der Waals surface area contributed by atoms with Crippen molar-refractivity contribution in [2.75, 3.05) is 26.2 Å². The summed E-state index contributed by atoms with van der Waals surface area (Å²) in [5.41, 5.74) is 1.83. The van der Waals surface area contributed by atoms with Crippen LogP contribution < -0.4 is 5.32 Å². The van der Waals surface area contributed by atoms with E-state index in [4.69, 9.17) is 0 Å². The molecule has 6 heteroatoms. The van der Waals surface area contributed by atoms with E-state index in [0.717, 1.165) is 35.5 Å². The SMILES string of the molecule is Cc1cccc(C(=O)N2CCCN(C(C)C(=O)NCc3cccs3)CC2)c1. The quantitative estimate of drug-likeness (QED) is 0.861. The standard InChI is InChI=1S/C21H27N3O2S/c1-16-6-3-7-18(14-16)21(26)24-10-5-9-23(11-12-24)17(2)20(25)22-15-19-8-4-13-27-19/h3-4,6-8,13-14,17H,5,9-12,15H2,1-2H3,(H,22,25). The summed E-state index contributed by atoms with van der Waals surface area (Å²) >= 11 is 1.65. The second-order valence-electron chi connectivity index (χ2n) is 7.02. The second kappa shape index (κ2) is 9.15. The summed E-state index contributed by atoms with van der Waals surface area (Å²) in [6.07, 6.45) is 0.875. The van der Waals surface area contributed by atoms with Crippen LogP contribution in [0.5, 0.6) is 0 Å². The maximum atomic E-state index is 12.8. The smallest absolute Gasteiger partial charge is 0.253 e. The van der Waals surface area contributed by atoms with Crippen molar-refractivity contribution in [2.24, 2.45) is 0 Å². The molecule has 1 atom stereocenters.